The number of nitrogens with zero attached hydrogens (tertiary/aromatic N) is 2. The Morgan fingerprint density at radius 1 is 0.886 bits per heavy atom. The highest BCUT2D eigenvalue weighted by molar-refractivity contribution is 6.03. The number of carbonyl (C=O) groups excluding carboxylic acids is 1. The van der Waals surface area contributed by atoms with Gasteiger partial charge in [-0.25, -0.2) is 13.6 Å². The number of aliphatic hydroxyl groups excluding tert-OH is 2. The first kappa shape index (κ1) is 50.7. The van der Waals surface area contributed by atoms with Gasteiger partial charge in [-0.2, -0.15) is 0 Å². The summed E-state index contributed by atoms with van der Waals surface area (Å²) in [7, 11) is 0. The number of ether oxygens (including phenoxy) is 6. The number of carbonyl (C=O) groups is 1. The van der Waals surface area contributed by atoms with Crippen LogP contribution in [-0.4, -0.2) is 84.7 Å². The minimum absolute atomic E-state index is 0.00112. The van der Waals surface area contributed by atoms with Crippen molar-refractivity contribution < 1.29 is 57.0 Å². The summed E-state index contributed by atoms with van der Waals surface area (Å²) in [6.07, 6.45) is 9.50. The predicted octanol–water partition coefficient (Wildman–Crippen LogP) is 10.6. The summed E-state index contributed by atoms with van der Waals surface area (Å²) in [6, 6.07) is 26.9. The van der Waals surface area contributed by atoms with E-state index in [2.05, 4.69) is 12.7 Å². The fraction of sp³-hybridized carbons (Fsp3) is 0.464. The van der Waals surface area contributed by atoms with E-state index >= 15 is 0 Å². The fourth-order valence-corrected chi connectivity index (χ4v) is 10.6. The summed E-state index contributed by atoms with van der Waals surface area (Å²) < 4.78 is 68.2. The van der Waals surface area contributed by atoms with Crippen LogP contribution in [-0.2, 0) is 43.5 Å². The van der Waals surface area contributed by atoms with Gasteiger partial charge in [0.2, 0.25) is 12.1 Å². The largest absolute Gasteiger partial charge is 0.489 e. The van der Waals surface area contributed by atoms with E-state index in [0.717, 1.165) is 55.2 Å². The summed E-state index contributed by atoms with van der Waals surface area (Å²) >= 11 is 0. The summed E-state index contributed by atoms with van der Waals surface area (Å²) in [6.45, 7) is 5.14. The lowest BCUT2D eigenvalue weighted by Crippen LogP contribution is -2.70. The molecule has 1 amide bonds. The third kappa shape index (κ3) is 12.3. The lowest BCUT2D eigenvalue weighted by atomic mass is 9.55. The van der Waals surface area contributed by atoms with Gasteiger partial charge in [0.25, 0.3) is 0 Å². The Labute approximate surface area is 409 Å². The molecule has 4 aromatic rings. The number of unbranched alkanes of at least 4 members (excludes halogenated alkanes) is 2. The highest BCUT2D eigenvalue weighted by Crippen LogP contribution is 2.62. The summed E-state index contributed by atoms with van der Waals surface area (Å²) in [5.41, 5.74) is 4.33. The minimum Gasteiger partial charge on any atom is -0.489 e. The predicted molar refractivity (Wildman–Crippen MR) is 260 cm³/mol. The quantitative estimate of drug-likeness (QED) is 0.0397. The number of allylic oxidation sites excluding steroid dienone is 1. The Morgan fingerprint density at radius 3 is 2.43 bits per heavy atom. The van der Waals surface area contributed by atoms with Crippen molar-refractivity contribution >= 4 is 11.8 Å². The number of hydrogen-bond acceptors (Lipinski definition) is 11. The molecule has 2 N–H and O–H groups in total. The van der Waals surface area contributed by atoms with E-state index in [1.807, 2.05) is 42.5 Å². The van der Waals surface area contributed by atoms with Crippen molar-refractivity contribution in [1.29, 1.82) is 0 Å². The zero-order valence-corrected chi connectivity index (χ0v) is 39.8. The zero-order chi connectivity index (χ0) is 48.7. The molecule has 2 aliphatic heterocycles. The van der Waals surface area contributed by atoms with E-state index in [1.165, 1.54) is 18.2 Å². The molecule has 1 unspecified atom stereocenters. The lowest BCUT2D eigenvalue weighted by molar-refractivity contribution is -0.256. The number of amides is 1. The van der Waals surface area contributed by atoms with Gasteiger partial charge in [0, 0.05) is 49.6 Å². The highest BCUT2D eigenvalue weighted by atomic mass is 19.1. The fourth-order valence-electron chi connectivity index (χ4n) is 10.6. The van der Waals surface area contributed by atoms with Crippen LogP contribution >= 0.6 is 0 Å². The number of rotatable bonds is 24. The maximum atomic E-state index is 15.0. The van der Waals surface area contributed by atoms with Gasteiger partial charge >= 0.3 is 6.09 Å². The Kier molecular flexibility index (Phi) is 18.1. The summed E-state index contributed by atoms with van der Waals surface area (Å²) in [5, 5.41) is 25.0. The molecule has 2 heterocycles. The molecule has 1 saturated heterocycles. The number of oxime groups is 1. The molecule has 1 saturated carbocycles. The number of benzene rings is 4. The van der Waals surface area contributed by atoms with Gasteiger partial charge in [-0.05, 0) is 103 Å². The van der Waals surface area contributed by atoms with Crippen molar-refractivity contribution in [2.75, 3.05) is 39.6 Å². The Morgan fingerprint density at radius 2 is 1.67 bits per heavy atom. The molecule has 4 aliphatic rings. The average molecular weight is 965 g/mol. The minimum atomic E-state index is -1.60. The highest BCUT2D eigenvalue weighted by Gasteiger charge is 2.66. The van der Waals surface area contributed by atoms with Gasteiger partial charge < -0.3 is 43.5 Å². The van der Waals surface area contributed by atoms with Crippen LogP contribution < -0.4 is 9.47 Å². The second-order valence-corrected chi connectivity index (χ2v) is 18.5. The standard InChI is InChI=1S/C56H66F2N2O10/c1-2-29-68-56-51(60(36-39-21-23-43(57)24-22-39)55(63)66-32-31-64-37-40-14-4-3-5-15-40)35-49(59-70-52-20-10-13-30-65-52)46-33-41(16-8-11-27-61)45(18-9-12-28-62)53(54(46)56)47-34-44(25-26-50(47)69-56)67-38-42-17-6-7-19-48(42)58/h2-7,14-15,17,19,21-26,33-34,41,45,51-54,61-62H,1,8-13,16,18,20,27-32,35-38H2/t41-,45+,51-,52?,53+,54+,56+/m0/s1. The SMILES string of the molecule is C=CCO[C@@]12Oc3ccc(OCc4ccccc4F)cc3[C@H]3[C@H](CCCCO)[C@@H](CCCCO)C=C(C(=NOC4CCCCO4)C[C@@H]1N(Cc1ccc(F)cc1)C(=O)OCCOCc1ccccc1)[C@H]32. The normalized spacial score (nSPS) is 24.1. The van der Waals surface area contributed by atoms with E-state index in [4.69, 9.17) is 38.4 Å². The van der Waals surface area contributed by atoms with Crippen LogP contribution in [0.25, 0.3) is 0 Å². The van der Waals surface area contributed by atoms with Gasteiger partial charge in [0.05, 0.1) is 38.1 Å². The molecule has 8 rings (SSSR count). The Bertz CT molecular complexity index is 2380. The molecule has 7 atom stereocenters. The molecule has 12 nitrogen and oxygen atoms in total. The second kappa shape index (κ2) is 25.0. The van der Waals surface area contributed by atoms with Gasteiger partial charge in [-0.1, -0.05) is 90.8 Å². The summed E-state index contributed by atoms with van der Waals surface area (Å²) in [5.74, 6) is -2.39. The third-order valence-corrected chi connectivity index (χ3v) is 13.9. The smallest absolute Gasteiger partial charge is 0.410 e. The van der Waals surface area contributed by atoms with Crippen molar-refractivity contribution in [3.63, 3.8) is 0 Å². The molecule has 14 heteroatoms. The van der Waals surface area contributed by atoms with Gasteiger partial charge in [-0.15, -0.1) is 6.58 Å². The van der Waals surface area contributed by atoms with Crippen molar-refractivity contribution in [2.24, 2.45) is 22.9 Å². The molecule has 4 aromatic carbocycles. The van der Waals surface area contributed by atoms with Crippen LogP contribution in [0, 0.1) is 29.4 Å². The third-order valence-electron chi connectivity index (χ3n) is 13.9. The van der Waals surface area contributed by atoms with Crippen LogP contribution in [0.1, 0.15) is 92.4 Å². The Hall–Kier alpha value is -5.64. The number of fused-ring (bicyclic) bond motifs is 2. The van der Waals surface area contributed by atoms with E-state index in [0.29, 0.717) is 60.8 Å². The van der Waals surface area contributed by atoms with E-state index in [9.17, 15) is 23.8 Å². The van der Waals surface area contributed by atoms with E-state index in [1.54, 1.807) is 47.4 Å². The summed E-state index contributed by atoms with van der Waals surface area (Å²) in [4.78, 5) is 22.9. The molecule has 70 heavy (non-hydrogen) atoms. The number of aliphatic hydroxyl groups is 2. The molecule has 0 spiro atoms. The molecule has 2 aliphatic carbocycles. The molecule has 0 radical (unpaired) electrons. The molecule has 2 fully saturated rings. The maximum Gasteiger partial charge on any atom is 0.410 e. The molecular weight excluding hydrogens is 899 g/mol. The topological polar surface area (TPSA) is 138 Å². The molecule has 0 aromatic heterocycles. The van der Waals surface area contributed by atoms with Crippen LogP contribution in [0.2, 0.25) is 0 Å². The molecule has 374 valence electrons. The number of hydrogen-bond donors (Lipinski definition) is 2. The Balaban J connectivity index is 1.26. The maximum absolute atomic E-state index is 15.0. The van der Waals surface area contributed by atoms with Gasteiger partial charge in [0.15, 0.2) is 0 Å². The zero-order valence-electron chi connectivity index (χ0n) is 39.8. The first-order valence-corrected chi connectivity index (χ1v) is 24.8. The van der Waals surface area contributed by atoms with Crippen LogP contribution in [0.3, 0.4) is 0 Å². The lowest BCUT2D eigenvalue weighted by Gasteiger charge is -2.60. The van der Waals surface area contributed by atoms with Crippen molar-refractivity contribution in [1.82, 2.24) is 4.90 Å². The van der Waals surface area contributed by atoms with Crippen LogP contribution in [0.5, 0.6) is 11.5 Å². The van der Waals surface area contributed by atoms with Crippen LogP contribution in [0.4, 0.5) is 13.6 Å². The second-order valence-electron chi connectivity index (χ2n) is 18.5. The molecular formula is C56H66F2N2O10. The van der Waals surface area contributed by atoms with Gasteiger partial charge in [0.1, 0.15) is 42.4 Å². The first-order valence-electron chi connectivity index (χ1n) is 24.8. The van der Waals surface area contributed by atoms with Gasteiger partial charge in [-0.3, -0.25) is 4.90 Å². The molecule has 0 bridgehead atoms. The first-order chi connectivity index (χ1) is 34.3. The average Bonchev–Trinajstić information content (AvgIpc) is 3.38. The number of halogens is 2. The van der Waals surface area contributed by atoms with Crippen LogP contribution in [0.15, 0.2) is 127 Å². The van der Waals surface area contributed by atoms with E-state index in [-0.39, 0.29) is 76.2 Å². The van der Waals surface area contributed by atoms with Crippen molar-refractivity contribution in [3.8, 4) is 11.5 Å². The van der Waals surface area contributed by atoms with E-state index < -0.39 is 35.9 Å². The monoisotopic (exact) mass is 964 g/mol. The van der Waals surface area contributed by atoms with Crippen molar-refractivity contribution in [2.45, 2.75) is 108 Å². The van der Waals surface area contributed by atoms with Crippen molar-refractivity contribution in [3.05, 3.63) is 155 Å².